The molecule has 0 radical (unpaired) electrons. The van der Waals surface area contributed by atoms with Crippen molar-refractivity contribution in [2.45, 2.75) is 50.0 Å². The van der Waals surface area contributed by atoms with E-state index in [2.05, 4.69) is 55.6 Å². The summed E-state index contributed by atoms with van der Waals surface area (Å²) in [6.45, 7) is 6.62. The molecular formula is C28H32N2O3S. The molecule has 5 nitrogen and oxygen atoms in total. The molecule has 1 amide bonds. The van der Waals surface area contributed by atoms with Crippen LogP contribution in [0.4, 0.5) is 0 Å². The van der Waals surface area contributed by atoms with Crippen LogP contribution in [0.5, 0.6) is 5.75 Å². The molecule has 6 heteroatoms. The van der Waals surface area contributed by atoms with Crippen molar-refractivity contribution in [2.24, 2.45) is 11.0 Å². The van der Waals surface area contributed by atoms with Crippen LogP contribution in [0, 0.1) is 5.92 Å². The Hall–Kier alpha value is -2.99. The molecule has 0 aliphatic heterocycles. The minimum absolute atomic E-state index is 0.0120. The number of thioether (sulfide) groups is 1. The Morgan fingerprint density at radius 2 is 1.97 bits per heavy atom. The summed E-state index contributed by atoms with van der Waals surface area (Å²) in [4.78, 5) is 12.6. The fourth-order valence-electron chi connectivity index (χ4n) is 3.98. The second kappa shape index (κ2) is 10.5. The fraction of sp³-hybridized carbons (Fsp3) is 0.357. The molecule has 1 heterocycles. The van der Waals surface area contributed by atoms with E-state index in [9.17, 15) is 4.79 Å². The molecule has 1 saturated carbocycles. The maximum absolute atomic E-state index is 12.6. The average molecular weight is 477 g/mol. The lowest BCUT2D eigenvalue weighted by Crippen LogP contribution is -2.20. The Bertz CT molecular complexity index is 1130. The molecule has 1 aliphatic carbocycles. The van der Waals surface area contributed by atoms with Crippen molar-refractivity contribution in [3.05, 3.63) is 88.9 Å². The van der Waals surface area contributed by atoms with E-state index < -0.39 is 0 Å². The van der Waals surface area contributed by atoms with Crippen LogP contribution in [0.3, 0.4) is 0 Å². The van der Waals surface area contributed by atoms with Gasteiger partial charge in [0.05, 0.1) is 25.3 Å². The van der Waals surface area contributed by atoms with Gasteiger partial charge in [0.2, 0.25) is 5.91 Å². The Morgan fingerprint density at radius 1 is 1.18 bits per heavy atom. The monoisotopic (exact) mass is 476 g/mol. The number of ether oxygens (including phenoxy) is 1. The van der Waals surface area contributed by atoms with Gasteiger partial charge in [-0.2, -0.15) is 5.10 Å². The minimum atomic E-state index is -0.0242. The van der Waals surface area contributed by atoms with Crippen molar-refractivity contribution in [3.63, 3.8) is 0 Å². The number of carbonyl (C=O) groups is 1. The highest BCUT2D eigenvalue weighted by Gasteiger charge is 2.44. The van der Waals surface area contributed by atoms with Gasteiger partial charge in [-0.15, -0.1) is 11.8 Å². The molecule has 2 aromatic carbocycles. The number of methoxy groups -OCH3 is 1. The molecule has 1 fully saturated rings. The zero-order valence-electron chi connectivity index (χ0n) is 20.2. The molecule has 0 bridgehead atoms. The Balaban J connectivity index is 1.30. The van der Waals surface area contributed by atoms with Crippen LogP contribution in [-0.4, -0.2) is 19.2 Å². The van der Waals surface area contributed by atoms with Crippen LogP contribution in [-0.2, 0) is 21.7 Å². The molecule has 1 aliphatic rings. The normalized spacial score (nSPS) is 17.6. The first-order valence-electron chi connectivity index (χ1n) is 11.6. The molecule has 1 aromatic heterocycles. The van der Waals surface area contributed by atoms with Gasteiger partial charge in [-0.05, 0) is 64.8 Å². The topological polar surface area (TPSA) is 63.8 Å². The summed E-state index contributed by atoms with van der Waals surface area (Å²) in [7, 11) is 1.67. The Labute approximate surface area is 206 Å². The third-order valence-electron chi connectivity index (χ3n) is 6.11. The van der Waals surface area contributed by atoms with Gasteiger partial charge in [-0.25, -0.2) is 5.43 Å². The Kier molecular flexibility index (Phi) is 7.47. The molecule has 3 aromatic rings. The minimum Gasteiger partial charge on any atom is -0.496 e. The summed E-state index contributed by atoms with van der Waals surface area (Å²) in [6.07, 6.45) is 4.25. The van der Waals surface area contributed by atoms with Gasteiger partial charge >= 0.3 is 0 Å². The first-order chi connectivity index (χ1) is 16.3. The Morgan fingerprint density at radius 3 is 2.65 bits per heavy atom. The summed E-state index contributed by atoms with van der Waals surface area (Å²) in [6, 6.07) is 18.4. The number of carbonyl (C=O) groups excluding carboxylic acids is 1. The zero-order chi connectivity index (χ0) is 24.1. The number of nitrogens with one attached hydrogen (secondary N) is 1. The van der Waals surface area contributed by atoms with E-state index in [1.165, 1.54) is 11.1 Å². The number of hydrogen-bond donors (Lipinski definition) is 1. The third-order valence-corrected chi connectivity index (χ3v) is 7.11. The molecule has 178 valence electrons. The molecule has 1 N–H and O–H groups in total. The van der Waals surface area contributed by atoms with Crippen molar-refractivity contribution in [3.8, 4) is 5.75 Å². The van der Waals surface area contributed by atoms with Crippen LogP contribution in [0.25, 0.3) is 0 Å². The largest absolute Gasteiger partial charge is 0.496 e. The van der Waals surface area contributed by atoms with Crippen molar-refractivity contribution < 1.29 is 13.9 Å². The van der Waals surface area contributed by atoms with E-state index >= 15 is 0 Å². The number of furan rings is 1. The maximum atomic E-state index is 12.6. The van der Waals surface area contributed by atoms with E-state index in [4.69, 9.17) is 9.15 Å². The molecule has 2 atom stereocenters. The quantitative estimate of drug-likeness (QED) is 0.292. The number of nitrogens with zero attached hydrogens (tertiary/aromatic N) is 1. The van der Waals surface area contributed by atoms with Gasteiger partial charge in [-0.1, -0.05) is 45.0 Å². The summed E-state index contributed by atoms with van der Waals surface area (Å²) in [5.74, 6) is 3.62. The summed E-state index contributed by atoms with van der Waals surface area (Å²) < 4.78 is 10.9. The highest BCUT2D eigenvalue weighted by molar-refractivity contribution is 7.97. The van der Waals surface area contributed by atoms with Gasteiger partial charge in [0.25, 0.3) is 0 Å². The van der Waals surface area contributed by atoms with E-state index in [0.29, 0.717) is 0 Å². The lowest BCUT2D eigenvalue weighted by Gasteiger charge is -2.19. The number of rotatable bonds is 9. The van der Waals surface area contributed by atoms with E-state index in [1.54, 1.807) is 31.3 Å². The molecule has 4 rings (SSSR count). The predicted octanol–water partition coefficient (Wildman–Crippen LogP) is 6.27. The van der Waals surface area contributed by atoms with E-state index in [1.807, 2.05) is 30.3 Å². The highest BCUT2D eigenvalue weighted by Crippen LogP contribution is 2.47. The fourth-order valence-corrected chi connectivity index (χ4v) is 4.90. The van der Waals surface area contributed by atoms with E-state index in [0.717, 1.165) is 40.6 Å². The van der Waals surface area contributed by atoms with Crippen molar-refractivity contribution >= 4 is 23.9 Å². The van der Waals surface area contributed by atoms with Crippen molar-refractivity contribution in [2.75, 3.05) is 7.11 Å². The summed E-state index contributed by atoms with van der Waals surface area (Å²) in [5, 5.41) is 4.21. The number of benzene rings is 2. The first-order valence-corrected chi connectivity index (χ1v) is 12.7. The van der Waals surface area contributed by atoms with Crippen LogP contribution < -0.4 is 10.2 Å². The number of amides is 1. The lowest BCUT2D eigenvalue weighted by atomic mass is 9.86. The molecule has 0 spiro atoms. The number of hydrogen-bond acceptors (Lipinski definition) is 5. The molecule has 0 unspecified atom stereocenters. The highest BCUT2D eigenvalue weighted by atomic mass is 32.2. The van der Waals surface area contributed by atoms with Crippen LogP contribution in [0.15, 0.2) is 70.4 Å². The molecular weight excluding hydrogens is 444 g/mol. The van der Waals surface area contributed by atoms with Crippen molar-refractivity contribution in [1.82, 2.24) is 5.43 Å². The maximum Gasteiger partial charge on any atom is 0.243 e. The summed E-state index contributed by atoms with van der Waals surface area (Å²) >= 11 is 1.76. The smallest absolute Gasteiger partial charge is 0.243 e. The van der Waals surface area contributed by atoms with Gasteiger partial charge in [0, 0.05) is 17.2 Å². The van der Waals surface area contributed by atoms with E-state index in [-0.39, 0.29) is 23.2 Å². The summed E-state index contributed by atoms with van der Waals surface area (Å²) in [5.41, 5.74) is 7.38. The second-order valence-corrected chi connectivity index (χ2v) is 10.7. The van der Waals surface area contributed by atoms with Crippen LogP contribution in [0.2, 0.25) is 0 Å². The van der Waals surface area contributed by atoms with Gasteiger partial charge in [0.15, 0.2) is 0 Å². The van der Waals surface area contributed by atoms with Crippen LogP contribution >= 0.6 is 11.8 Å². The molecule has 0 saturated heterocycles. The van der Waals surface area contributed by atoms with Gasteiger partial charge in [0.1, 0.15) is 11.5 Å². The standard InChI is InChI=1S/C28H32N2O3S/c1-28(2,3)22-10-8-20(9-11-22)24-15-25(24)27(31)30-29-16-19-7-12-26(32-4)21(14-19)17-34-18-23-6-5-13-33-23/h5-14,16,24-25H,15,17-18H2,1-4H3,(H,30,31)/b29-16+/t24-,25+/m0/s1. The van der Waals surface area contributed by atoms with Crippen molar-refractivity contribution in [1.29, 1.82) is 0 Å². The predicted molar refractivity (Wildman–Crippen MR) is 138 cm³/mol. The zero-order valence-corrected chi connectivity index (χ0v) is 21.0. The second-order valence-electron chi connectivity index (χ2n) is 9.70. The van der Waals surface area contributed by atoms with Crippen LogP contribution in [0.1, 0.15) is 61.1 Å². The SMILES string of the molecule is COc1ccc(/C=N/NC(=O)[C@@H]2C[C@H]2c2ccc(C(C)(C)C)cc2)cc1CSCc1ccco1. The number of hydrazone groups is 1. The van der Waals surface area contributed by atoms with Gasteiger partial charge in [-0.3, -0.25) is 4.79 Å². The lowest BCUT2D eigenvalue weighted by molar-refractivity contribution is -0.122. The first kappa shape index (κ1) is 24.1. The molecule has 34 heavy (non-hydrogen) atoms. The average Bonchev–Trinajstić information content (AvgIpc) is 3.46. The van der Waals surface area contributed by atoms with Gasteiger partial charge < -0.3 is 9.15 Å². The third kappa shape index (κ3) is 6.11.